The van der Waals surface area contributed by atoms with Gasteiger partial charge in [-0.25, -0.2) is 23.2 Å². The number of amides is 2. The fraction of sp³-hybridized carbons (Fsp3) is 0.577. The summed E-state index contributed by atoms with van der Waals surface area (Å²) in [7, 11) is 0.831. The summed E-state index contributed by atoms with van der Waals surface area (Å²) in [6.07, 6.45) is -0.978. The highest BCUT2D eigenvalue weighted by Crippen LogP contribution is 2.46. The largest absolute Gasteiger partial charge is 0.435 e. The Morgan fingerprint density at radius 1 is 1.05 bits per heavy atom. The number of carbonyl (C=O) groups is 1. The van der Waals surface area contributed by atoms with Crippen LogP contribution in [0.5, 0.6) is 0 Å². The molecule has 212 valence electrons. The van der Waals surface area contributed by atoms with Crippen LogP contribution in [0.25, 0.3) is 0 Å². The van der Waals surface area contributed by atoms with E-state index in [1.54, 1.807) is 0 Å². The number of urea groups is 1. The van der Waals surface area contributed by atoms with Crippen molar-refractivity contribution in [3.05, 3.63) is 47.8 Å². The van der Waals surface area contributed by atoms with E-state index in [-0.39, 0.29) is 42.5 Å². The lowest BCUT2D eigenvalue weighted by atomic mass is 9.64. The number of nitrogens with one attached hydrogen (secondary N) is 1. The predicted octanol–water partition coefficient (Wildman–Crippen LogP) is 3.07. The number of anilines is 2. The molecule has 1 saturated carbocycles. The maximum absolute atomic E-state index is 14.2. The first kappa shape index (κ1) is 27.6. The van der Waals surface area contributed by atoms with E-state index in [0.717, 1.165) is 30.5 Å². The van der Waals surface area contributed by atoms with Crippen LogP contribution in [0.3, 0.4) is 0 Å². The lowest BCUT2D eigenvalue weighted by Gasteiger charge is -2.46. The van der Waals surface area contributed by atoms with Crippen LogP contribution in [-0.2, 0) is 21.4 Å². The normalized spacial score (nSPS) is 27.3. The van der Waals surface area contributed by atoms with Crippen molar-refractivity contribution in [2.75, 3.05) is 61.6 Å². The molecule has 0 radical (unpaired) electrons. The quantitative estimate of drug-likeness (QED) is 0.594. The molecule has 39 heavy (non-hydrogen) atoms. The molecule has 9 nitrogen and oxygen atoms in total. The summed E-state index contributed by atoms with van der Waals surface area (Å²) in [5, 5.41) is 3.00. The number of hydrogen-bond acceptors (Lipinski definition) is 7. The number of hydrogen-bond donors (Lipinski definition) is 1. The van der Waals surface area contributed by atoms with Crippen LogP contribution < -0.4 is 15.1 Å². The van der Waals surface area contributed by atoms with E-state index in [1.165, 1.54) is 10.5 Å². The van der Waals surface area contributed by atoms with Gasteiger partial charge >= 0.3 is 12.2 Å². The van der Waals surface area contributed by atoms with E-state index >= 15 is 0 Å². The van der Waals surface area contributed by atoms with Crippen molar-refractivity contribution in [3.63, 3.8) is 0 Å². The molecule has 3 aliphatic rings. The van der Waals surface area contributed by atoms with Crippen molar-refractivity contribution in [2.24, 2.45) is 0 Å². The molecule has 0 bridgehead atoms. The van der Waals surface area contributed by atoms with Crippen LogP contribution >= 0.6 is 0 Å². The van der Waals surface area contributed by atoms with Gasteiger partial charge in [0.15, 0.2) is 15.5 Å². The van der Waals surface area contributed by atoms with E-state index in [1.807, 2.05) is 32.3 Å². The molecule has 13 heteroatoms. The number of halogens is 3. The summed E-state index contributed by atoms with van der Waals surface area (Å²) in [4.78, 5) is 25.7. The molecule has 1 spiro atoms. The average Bonchev–Trinajstić information content (AvgIpc) is 3.21. The molecular formula is C26H33F3N6O3S. The molecule has 2 aliphatic heterocycles. The van der Waals surface area contributed by atoms with Gasteiger partial charge in [0.2, 0.25) is 5.95 Å². The van der Waals surface area contributed by atoms with Crippen molar-refractivity contribution in [1.82, 2.24) is 20.2 Å². The Labute approximate surface area is 226 Å². The Morgan fingerprint density at radius 3 is 2.28 bits per heavy atom. The Bertz CT molecular complexity index is 1310. The number of rotatable bonds is 5. The van der Waals surface area contributed by atoms with Gasteiger partial charge < -0.3 is 15.1 Å². The van der Waals surface area contributed by atoms with E-state index < -0.39 is 39.0 Å². The molecule has 3 heterocycles. The molecule has 0 unspecified atom stereocenters. The number of nitrogens with zero attached hydrogens (tertiary/aromatic N) is 5. The molecule has 1 aromatic carbocycles. The van der Waals surface area contributed by atoms with Gasteiger partial charge in [0.1, 0.15) is 0 Å². The highest BCUT2D eigenvalue weighted by Gasteiger charge is 2.51. The van der Waals surface area contributed by atoms with Crippen molar-refractivity contribution >= 4 is 27.5 Å². The summed E-state index contributed by atoms with van der Waals surface area (Å²) >= 11 is 0. The third kappa shape index (κ3) is 5.56. The number of carbonyl (C=O) groups excluding carboxylic acids is 1. The number of alkyl halides is 3. The first-order valence-corrected chi connectivity index (χ1v) is 14.8. The number of aromatic nitrogens is 2. The minimum absolute atomic E-state index is 0.0163. The van der Waals surface area contributed by atoms with Crippen LogP contribution in [0.1, 0.15) is 36.9 Å². The van der Waals surface area contributed by atoms with Crippen LogP contribution in [0.15, 0.2) is 36.5 Å². The zero-order valence-electron chi connectivity index (χ0n) is 22.0. The molecule has 2 saturated heterocycles. The maximum Gasteiger partial charge on any atom is 0.435 e. The van der Waals surface area contributed by atoms with Crippen molar-refractivity contribution < 1.29 is 26.4 Å². The van der Waals surface area contributed by atoms with Gasteiger partial charge in [0.05, 0.1) is 35.5 Å². The van der Waals surface area contributed by atoms with Crippen LogP contribution in [-0.4, -0.2) is 86.6 Å². The minimum Gasteiger partial charge on any atom is -0.339 e. The first-order chi connectivity index (χ1) is 18.3. The highest BCUT2D eigenvalue weighted by atomic mass is 32.2. The molecular weight excluding hydrogens is 533 g/mol. The Morgan fingerprint density at radius 2 is 1.69 bits per heavy atom. The molecule has 5 rings (SSSR count). The van der Waals surface area contributed by atoms with E-state index in [4.69, 9.17) is 0 Å². The van der Waals surface area contributed by atoms with Crippen molar-refractivity contribution in [1.29, 1.82) is 0 Å². The summed E-state index contributed by atoms with van der Waals surface area (Å²) in [5.74, 6) is -0.534. The first-order valence-electron chi connectivity index (χ1n) is 13.0. The average molecular weight is 567 g/mol. The van der Waals surface area contributed by atoms with Gasteiger partial charge in [-0.3, -0.25) is 4.90 Å². The summed E-state index contributed by atoms with van der Waals surface area (Å²) in [6.45, 7) is 0.952. The second-order valence-corrected chi connectivity index (χ2v) is 13.5. The van der Waals surface area contributed by atoms with Gasteiger partial charge in [-0.2, -0.15) is 13.2 Å². The van der Waals surface area contributed by atoms with Crippen molar-refractivity contribution in [3.8, 4) is 0 Å². The zero-order chi connectivity index (χ0) is 28.1. The number of benzene rings is 1. The lowest BCUT2D eigenvalue weighted by Crippen LogP contribution is -2.52. The smallest absolute Gasteiger partial charge is 0.339 e. The third-order valence-electron chi connectivity index (χ3n) is 8.19. The molecule has 1 aromatic heterocycles. The van der Waals surface area contributed by atoms with E-state index in [0.29, 0.717) is 12.8 Å². The van der Waals surface area contributed by atoms with Crippen LogP contribution in [0, 0.1) is 0 Å². The standard InChI is InChI=1S/C26H33F3N6O3S/c1-33(2)17-24(19-6-4-3-5-7-19)8-10-25(11-9-24)18-35(23(36)32-25)20-16-30-22(31-21(20)26(27,28)29)34-12-14-39(37,38)15-13-34/h3-7,16H,8-15,17-18H2,1-2H3,(H,32,36). The van der Waals surface area contributed by atoms with Gasteiger partial charge in [-0.15, -0.1) is 0 Å². The lowest BCUT2D eigenvalue weighted by molar-refractivity contribution is -0.140. The van der Waals surface area contributed by atoms with Gasteiger partial charge in [-0.1, -0.05) is 30.3 Å². The van der Waals surface area contributed by atoms with Crippen molar-refractivity contribution in [2.45, 2.75) is 42.8 Å². The van der Waals surface area contributed by atoms with Crippen LogP contribution in [0.4, 0.5) is 29.6 Å². The fourth-order valence-corrected chi connectivity index (χ4v) is 7.37. The summed E-state index contributed by atoms with van der Waals surface area (Å²) in [5.41, 5.74) is -1.13. The van der Waals surface area contributed by atoms with E-state index in [2.05, 4.69) is 32.3 Å². The molecule has 1 aliphatic carbocycles. The summed E-state index contributed by atoms with van der Waals surface area (Å²) in [6, 6.07) is 9.65. The fourth-order valence-electron chi connectivity index (χ4n) is 6.17. The maximum atomic E-state index is 14.2. The second-order valence-electron chi connectivity index (χ2n) is 11.2. The molecule has 0 atom stereocenters. The van der Waals surface area contributed by atoms with Crippen LogP contribution in [0.2, 0.25) is 0 Å². The SMILES string of the molecule is CN(C)CC1(c2ccccc2)CCC2(CC1)CN(c1cnc(N3CCS(=O)(=O)CC3)nc1C(F)(F)F)C(=O)N2. The number of sulfone groups is 1. The Kier molecular flexibility index (Phi) is 7.03. The number of likely N-dealkylation sites (N-methyl/N-ethyl adjacent to an activating group) is 1. The summed E-state index contributed by atoms with van der Waals surface area (Å²) < 4.78 is 66.0. The van der Waals surface area contributed by atoms with Gasteiger partial charge in [0, 0.05) is 25.0 Å². The Balaban J connectivity index is 1.39. The second kappa shape index (κ2) is 9.92. The molecule has 2 amide bonds. The Hall–Kier alpha value is -2.93. The van der Waals surface area contributed by atoms with E-state index in [9.17, 15) is 26.4 Å². The molecule has 2 aromatic rings. The highest BCUT2D eigenvalue weighted by molar-refractivity contribution is 7.91. The zero-order valence-corrected chi connectivity index (χ0v) is 22.9. The monoisotopic (exact) mass is 566 g/mol. The molecule has 3 fully saturated rings. The molecule has 1 N–H and O–H groups in total. The predicted molar refractivity (Wildman–Crippen MR) is 142 cm³/mol. The minimum atomic E-state index is -4.83. The third-order valence-corrected chi connectivity index (χ3v) is 9.80. The van der Waals surface area contributed by atoms with Gasteiger partial charge in [-0.05, 0) is 45.3 Å². The topological polar surface area (TPSA) is 98.7 Å². The van der Waals surface area contributed by atoms with Gasteiger partial charge in [0.25, 0.3) is 0 Å².